The van der Waals surface area contributed by atoms with Gasteiger partial charge in [-0.25, -0.2) is 0 Å². The van der Waals surface area contributed by atoms with Gasteiger partial charge in [0.1, 0.15) is 5.75 Å². The van der Waals surface area contributed by atoms with E-state index in [1.54, 1.807) is 24.3 Å². The molecule has 0 aliphatic heterocycles. The molecule has 3 nitrogen and oxygen atoms in total. The number of rotatable bonds is 4. The van der Waals surface area contributed by atoms with Crippen LogP contribution in [-0.2, 0) is 9.59 Å². The second-order valence-corrected chi connectivity index (χ2v) is 2.19. The lowest BCUT2D eigenvalue weighted by Crippen LogP contribution is -2.11. The summed E-state index contributed by atoms with van der Waals surface area (Å²) in [5.74, 6) is 0.0338. The Morgan fingerprint density at radius 1 is 1.33 bits per heavy atom. The van der Waals surface area contributed by atoms with Crippen molar-refractivity contribution < 1.29 is 14.3 Å². The van der Waals surface area contributed by atoms with Crippen LogP contribution in [0.3, 0.4) is 0 Å². The van der Waals surface area contributed by atoms with Gasteiger partial charge in [-0.1, -0.05) is 18.2 Å². The second kappa shape index (κ2) is 4.28. The maximum Gasteiger partial charge on any atom is 0.232 e. The highest BCUT2D eigenvalue weighted by molar-refractivity contribution is 6.25. The molecule has 0 aliphatic rings. The summed E-state index contributed by atoms with van der Waals surface area (Å²) >= 11 is 0. The minimum Gasteiger partial charge on any atom is -0.485 e. The van der Waals surface area contributed by atoms with E-state index < -0.39 is 5.78 Å². The molecule has 0 spiro atoms. The van der Waals surface area contributed by atoms with Crippen molar-refractivity contribution in [3.63, 3.8) is 0 Å². The lowest BCUT2D eigenvalue weighted by Gasteiger charge is -2.00. The Hall–Kier alpha value is -1.64. The molecule has 0 heterocycles. The average Bonchev–Trinajstić information content (AvgIpc) is 2.16. The predicted molar refractivity (Wildman–Crippen MR) is 43.0 cm³/mol. The van der Waals surface area contributed by atoms with E-state index in [0.717, 1.165) is 0 Å². The van der Waals surface area contributed by atoms with Gasteiger partial charge in [-0.3, -0.25) is 9.59 Å². The molecule has 0 radical (unpaired) electrons. The summed E-state index contributed by atoms with van der Waals surface area (Å²) in [6, 6.07) is 8.87. The molecule has 62 valence electrons. The van der Waals surface area contributed by atoms with E-state index in [1.807, 2.05) is 6.07 Å². The van der Waals surface area contributed by atoms with Crippen molar-refractivity contribution in [2.75, 3.05) is 6.61 Å². The molecule has 0 atom stereocenters. The number of aldehydes is 1. The summed E-state index contributed by atoms with van der Waals surface area (Å²) in [6.45, 7) is -0.187. The van der Waals surface area contributed by atoms with Crippen molar-refractivity contribution >= 4 is 12.1 Å². The van der Waals surface area contributed by atoms with Crippen LogP contribution in [0, 0.1) is 0 Å². The van der Waals surface area contributed by atoms with Crippen LogP contribution < -0.4 is 4.74 Å². The number of hydrogen-bond donors (Lipinski definition) is 0. The molecule has 3 heteroatoms. The van der Waals surface area contributed by atoms with Crippen LogP contribution in [0.1, 0.15) is 0 Å². The maximum absolute atomic E-state index is 10.5. The van der Waals surface area contributed by atoms with Gasteiger partial charge in [0.05, 0.1) is 0 Å². The quantitative estimate of drug-likeness (QED) is 0.489. The summed E-state index contributed by atoms with van der Waals surface area (Å²) in [6.07, 6.45) is 0.253. The highest BCUT2D eigenvalue weighted by Crippen LogP contribution is 2.07. The number of carbonyl (C=O) groups excluding carboxylic acids is 2. The van der Waals surface area contributed by atoms with E-state index >= 15 is 0 Å². The molecular weight excluding hydrogens is 156 g/mol. The molecule has 0 saturated carbocycles. The predicted octanol–water partition coefficient (Wildman–Crippen LogP) is 0.833. The van der Waals surface area contributed by atoms with Crippen molar-refractivity contribution in [1.29, 1.82) is 0 Å². The highest BCUT2D eigenvalue weighted by Gasteiger charge is 1.98. The molecule has 0 aliphatic carbocycles. The first-order valence-electron chi connectivity index (χ1n) is 3.49. The fraction of sp³-hybridized carbons (Fsp3) is 0.111. The molecule has 0 amide bonds. The number of ketones is 1. The van der Waals surface area contributed by atoms with Crippen LogP contribution in [0.2, 0.25) is 0 Å². The van der Waals surface area contributed by atoms with E-state index in [0.29, 0.717) is 5.75 Å². The van der Waals surface area contributed by atoms with Gasteiger partial charge in [-0.05, 0) is 12.1 Å². The van der Waals surface area contributed by atoms with E-state index in [9.17, 15) is 9.59 Å². The Balaban J connectivity index is 2.43. The Bertz CT molecular complexity index is 266. The fourth-order valence-electron chi connectivity index (χ4n) is 0.705. The van der Waals surface area contributed by atoms with Crippen molar-refractivity contribution in [2.45, 2.75) is 0 Å². The summed E-state index contributed by atoms with van der Waals surface area (Å²) in [5, 5.41) is 0. The largest absolute Gasteiger partial charge is 0.485 e. The number of Topliss-reactive ketones (excluding diaryl/α,β-unsaturated/α-hetero) is 1. The molecule has 1 aromatic rings. The van der Waals surface area contributed by atoms with Crippen LogP contribution in [0.4, 0.5) is 0 Å². The average molecular weight is 164 g/mol. The second-order valence-electron chi connectivity index (χ2n) is 2.19. The Kier molecular flexibility index (Phi) is 3.02. The molecular formula is C9H8O3. The summed E-state index contributed by atoms with van der Waals surface area (Å²) in [4.78, 5) is 20.4. The van der Waals surface area contributed by atoms with Gasteiger partial charge >= 0.3 is 0 Å². The van der Waals surface area contributed by atoms with Crippen LogP contribution in [-0.4, -0.2) is 18.7 Å². The first-order chi connectivity index (χ1) is 5.83. The first kappa shape index (κ1) is 8.46. The Morgan fingerprint density at radius 2 is 2.00 bits per heavy atom. The van der Waals surface area contributed by atoms with Crippen LogP contribution in [0.25, 0.3) is 0 Å². The minimum atomic E-state index is -0.557. The standard InChI is InChI=1S/C9H8O3/c10-6-8(11)7-12-9-4-2-1-3-5-9/h1-6H,7H2. The molecule has 0 bridgehead atoms. The number of hydrogen-bond acceptors (Lipinski definition) is 3. The summed E-state index contributed by atoms with van der Waals surface area (Å²) < 4.78 is 4.98. The van der Waals surface area contributed by atoms with Crippen molar-refractivity contribution in [1.82, 2.24) is 0 Å². The Morgan fingerprint density at radius 3 is 2.58 bits per heavy atom. The third-order valence-corrected chi connectivity index (χ3v) is 1.26. The third kappa shape index (κ3) is 2.54. The van der Waals surface area contributed by atoms with Gasteiger partial charge in [0, 0.05) is 0 Å². The molecule has 1 rings (SSSR count). The lowest BCUT2D eigenvalue weighted by atomic mass is 10.3. The van der Waals surface area contributed by atoms with Crippen LogP contribution in [0.5, 0.6) is 5.75 Å². The van der Waals surface area contributed by atoms with Gasteiger partial charge < -0.3 is 4.74 Å². The minimum absolute atomic E-state index is 0.187. The van der Waals surface area contributed by atoms with Crippen LogP contribution >= 0.6 is 0 Å². The summed E-state index contributed by atoms with van der Waals surface area (Å²) in [5.41, 5.74) is 0. The molecule has 0 aromatic heterocycles. The molecule has 0 saturated heterocycles. The Labute approximate surface area is 70.0 Å². The topological polar surface area (TPSA) is 43.4 Å². The van der Waals surface area contributed by atoms with Gasteiger partial charge in [0.2, 0.25) is 5.78 Å². The van der Waals surface area contributed by atoms with Gasteiger partial charge in [0.25, 0.3) is 0 Å². The molecule has 0 N–H and O–H groups in total. The lowest BCUT2D eigenvalue weighted by molar-refractivity contribution is -0.131. The first-order valence-corrected chi connectivity index (χ1v) is 3.49. The van der Waals surface area contributed by atoms with E-state index in [2.05, 4.69) is 0 Å². The summed E-state index contributed by atoms with van der Waals surface area (Å²) in [7, 11) is 0. The van der Waals surface area contributed by atoms with Gasteiger partial charge in [0.15, 0.2) is 12.9 Å². The zero-order valence-electron chi connectivity index (χ0n) is 6.40. The molecule has 0 fully saturated rings. The molecule has 12 heavy (non-hydrogen) atoms. The molecule has 1 aromatic carbocycles. The molecule has 0 unspecified atom stereocenters. The fourth-order valence-corrected chi connectivity index (χ4v) is 0.705. The number of ether oxygens (including phenoxy) is 1. The number of carbonyl (C=O) groups is 2. The number of benzene rings is 1. The maximum atomic E-state index is 10.5. The monoisotopic (exact) mass is 164 g/mol. The highest BCUT2D eigenvalue weighted by atomic mass is 16.5. The van der Waals surface area contributed by atoms with Gasteiger partial charge in [-0.2, -0.15) is 0 Å². The third-order valence-electron chi connectivity index (χ3n) is 1.26. The van der Waals surface area contributed by atoms with E-state index in [-0.39, 0.29) is 12.9 Å². The zero-order valence-corrected chi connectivity index (χ0v) is 6.40. The normalized spacial score (nSPS) is 9.00. The van der Waals surface area contributed by atoms with E-state index in [1.165, 1.54) is 0 Å². The van der Waals surface area contributed by atoms with Crippen LogP contribution in [0.15, 0.2) is 30.3 Å². The zero-order chi connectivity index (χ0) is 8.81. The SMILES string of the molecule is O=CC(=O)COc1ccccc1. The van der Waals surface area contributed by atoms with Crippen molar-refractivity contribution in [3.05, 3.63) is 30.3 Å². The van der Waals surface area contributed by atoms with Gasteiger partial charge in [-0.15, -0.1) is 0 Å². The number of para-hydroxylation sites is 1. The van der Waals surface area contributed by atoms with Crippen molar-refractivity contribution in [3.8, 4) is 5.75 Å². The van der Waals surface area contributed by atoms with E-state index in [4.69, 9.17) is 4.74 Å². The smallest absolute Gasteiger partial charge is 0.232 e. The van der Waals surface area contributed by atoms with Crippen molar-refractivity contribution in [2.24, 2.45) is 0 Å².